The van der Waals surface area contributed by atoms with Crippen LogP contribution in [-0.2, 0) is 4.74 Å². The molecule has 0 aromatic heterocycles. The van der Waals surface area contributed by atoms with Crippen molar-refractivity contribution >= 4 is 0 Å². The highest BCUT2D eigenvalue weighted by molar-refractivity contribution is 4.68. The van der Waals surface area contributed by atoms with Crippen LogP contribution in [0.4, 0.5) is 0 Å². The fraction of sp³-hybridized carbons (Fsp3) is 1.00. The van der Waals surface area contributed by atoms with Gasteiger partial charge in [0.15, 0.2) is 0 Å². The van der Waals surface area contributed by atoms with Gasteiger partial charge in [-0.1, -0.05) is 65.2 Å². The Labute approximate surface area is 102 Å². The summed E-state index contributed by atoms with van der Waals surface area (Å²) in [6.45, 7) is 6.62. The summed E-state index contributed by atoms with van der Waals surface area (Å²) >= 11 is 0. The van der Waals surface area contributed by atoms with E-state index in [0.717, 1.165) is 13.2 Å². The molecule has 0 bridgehead atoms. The van der Waals surface area contributed by atoms with Crippen LogP contribution in [0.2, 0.25) is 0 Å². The smallest absolute Gasteiger partial charge is 0.0517 e. The summed E-state index contributed by atoms with van der Waals surface area (Å²) < 4.78 is 5.79. The second-order valence-corrected chi connectivity index (χ2v) is 6.15. The van der Waals surface area contributed by atoms with E-state index in [4.69, 9.17) is 4.74 Å². The summed E-state index contributed by atoms with van der Waals surface area (Å²) in [4.78, 5) is 0. The lowest BCUT2D eigenvalue weighted by molar-refractivity contribution is 0.0538. The Morgan fingerprint density at radius 1 is 0.688 bits per heavy atom. The highest BCUT2D eigenvalue weighted by Gasteiger charge is 2.17. The van der Waals surface area contributed by atoms with Crippen LogP contribution in [0.25, 0.3) is 0 Å². The van der Waals surface area contributed by atoms with Crippen molar-refractivity contribution in [1.82, 2.24) is 0 Å². The van der Waals surface area contributed by atoms with Gasteiger partial charge in [0.25, 0.3) is 0 Å². The Kier molecular flexibility index (Phi) is 7.11. The van der Waals surface area contributed by atoms with Crippen LogP contribution in [0.1, 0.15) is 78.1 Å². The van der Waals surface area contributed by atoms with Gasteiger partial charge in [-0.15, -0.1) is 0 Å². The molecular formula is C15H30O. The predicted octanol–water partition coefficient (Wildman–Crippen LogP) is 4.94. The molecule has 1 rings (SSSR count). The molecule has 0 N–H and O–H groups in total. The van der Waals surface area contributed by atoms with Crippen LogP contribution >= 0.6 is 0 Å². The van der Waals surface area contributed by atoms with E-state index in [0.29, 0.717) is 5.41 Å². The van der Waals surface area contributed by atoms with Gasteiger partial charge in [0.05, 0.1) is 6.61 Å². The molecule has 1 nitrogen and oxygen atoms in total. The van der Waals surface area contributed by atoms with E-state index in [-0.39, 0.29) is 0 Å². The number of rotatable bonds is 0. The maximum Gasteiger partial charge on any atom is 0.0517 e. The number of hydrogen-bond acceptors (Lipinski definition) is 1. The van der Waals surface area contributed by atoms with Crippen LogP contribution in [-0.4, -0.2) is 13.2 Å². The first-order valence-corrected chi connectivity index (χ1v) is 7.28. The van der Waals surface area contributed by atoms with E-state index in [1.165, 1.54) is 64.2 Å². The Hall–Kier alpha value is -0.0400. The Balaban J connectivity index is 2.22. The fourth-order valence-electron chi connectivity index (χ4n) is 2.47. The molecule has 0 spiro atoms. The normalized spacial score (nSPS) is 25.9. The van der Waals surface area contributed by atoms with Crippen LogP contribution in [0.3, 0.4) is 0 Å². The van der Waals surface area contributed by atoms with Gasteiger partial charge in [-0.25, -0.2) is 0 Å². The molecule has 1 aliphatic heterocycles. The van der Waals surface area contributed by atoms with Crippen molar-refractivity contribution in [2.75, 3.05) is 13.2 Å². The van der Waals surface area contributed by atoms with Gasteiger partial charge in [-0.2, -0.15) is 0 Å². The van der Waals surface area contributed by atoms with E-state index < -0.39 is 0 Å². The quantitative estimate of drug-likeness (QED) is 0.568. The first-order valence-electron chi connectivity index (χ1n) is 7.28. The molecule has 0 amide bonds. The second-order valence-electron chi connectivity index (χ2n) is 6.15. The molecule has 1 aliphatic rings. The van der Waals surface area contributed by atoms with Gasteiger partial charge < -0.3 is 4.74 Å². The molecule has 0 saturated carbocycles. The molecule has 1 saturated heterocycles. The first-order chi connectivity index (χ1) is 7.71. The number of ether oxygens (including phenoxy) is 1. The second kappa shape index (κ2) is 8.11. The van der Waals surface area contributed by atoms with Crippen LogP contribution in [0.15, 0.2) is 0 Å². The minimum atomic E-state index is 0.393. The summed E-state index contributed by atoms with van der Waals surface area (Å²) in [6.07, 6.45) is 13.9. The minimum Gasteiger partial charge on any atom is -0.381 e. The third-order valence-electron chi connectivity index (χ3n) is 3.64. The summed E-state index contributed by atoms with van der Waals surface area (Å²) in [5.74, 6) is 0. The van der Waals surface area contributed by atoms with Gasteiger partial charge in [0, 0.05) is 6.61 Å². The van der Waals surface area contributed by atoms with Crippen molar-refractivity contribution in [2.45, 2.75) is 78.1 Å². The third kappa shape index (κ3) is 7.27. The standard InChI is InChI=1S/C15H30O/c1-15(2)12-10-8-6-4-3-5-7-9-11-13-16-14-15/h3-14H2,1-2H3. The van der Waals surface area contributed by atoms with Crippen molar-refractivity contribution in [2.24, 2.45) is 5.41 Å². The molecule has 1 heterocycles. The molecule has 16 heavy (non-hydrogen) atoms. The van der Waals surface area contributed by atoms with Crippen molar-refractivity contribution < 1.29 is 4.74 Å². The summed E-state index contributed by atoms with van der Waals surface area (Å²) in [5.41, 5.74) is 0.393. The zero-order valence-electron chi connectivity index (χ0n) is 11.4. The molecule has 1 fully saturated rings. The summed E-state index contributed by atoms with van der Waals surface area (Å²) in [5, 5.41) is 0. The molecule has 96 valence electrons. The van der Waals surface area contributed by atoms with E-state index >= 15 is 0 Å². The fourth-order valence-corrected chi connectivity index (χ4v) is 2.47. The lowest BCUT2D eigenvalue weighted by Crippen LogP contribution is -2.19. The molecule has 0 unspecified atom stereocenters. The van der Waals surface area contributed by atoms with Gasteiger partial charge in [0.2, 0.25) is 0 Å². The maximum atomic E-state index is 5.79. The van der Waals surface area contributed by atoms with Crippen LogP contribution in [0, 0.1) is 5.41 Å². The largest absolute Gasteiger partial charge is 0.381 e. The average molecular weight is 226 g/mol. The van der Waals surface area contributed by atoms with E-state index in [2.05, 4.69) is 13.8 Å². The van der Waals surface area contributed by atoms with Gasteiger partial charge >= 0.3 is 0 Å². The average Bonchev–Trinajstić information content (AvgIpc) is 2.24. The SMILES string of the molecule is CC1(C)CCCCCCCCCCCOC1. The van der Waals surface area contributed by atoms with Gasteiger partial charge in [-0.05, 0) is 18.3 Å². The van der Waals surface area contributed by atoms with Crippen LogP contribution in [0.5, 0.6) is 0 Å². The molecule has 1 heteroatoms. The number of hydrogen-bond donors (Lipinski definition) is 0. The van der Waals surface area contributed by atoms with Crippen LogP contribution < -0.4 is 0 Å². The van der Waals surface area contributed by atoms with Gasteiger partial charge in [0.1, 0.15) is 0 Å². The maximum absolute atomic E-state index is 5.79. The molecular weight excluding hydrogens is 196 g/mol. The Morgan fingerprint density at radius 2 is 1.19 bits per heavy atom. The zero-order valence-corrected chi connectivity index (χ0v) is 11.4. The molecule has 0 aromatic rings. The van der Waals surface area contributed by atoms with E-state index in [1.807, 2.05) is 0 Å². The third-order valence-corrected chi connectivity index (χ3v) is 3.64. The highest BCUT2D eigenvalue weighted by atomic mass is 16.5. The Morgan fingerprint density at radius 3 is 1.81 bits per heavy atom. The lowest BCUT2D eigenvalue weighted by Gasteiger charge is -2.24. The first kappa shape index (κ1) is 14.0. The monoisotopic (exact) mass is 226 g/mol. The summed E-state index contributed by atoms with van der Waals surface area (Å²) in [7, 11) is 0. The Bertz CT molecular complexity index is 147. The van der Waals surface area contributed by atoms with E-state index in [9.17, 15) is 0 Å². The summed E-state index contributed by atoms with van der Waals surface area (Å²) in [6, 6.07) is 0. The van der Waals surface area contributed by atoms with Crippen molar-refractivity contribution in [3.63, 3.8) is 0 Å². The van der Waals surface area contributed by atoms with Crippen molar-refractivity contribution in [1.29, 1.82) is 0 Å². The van der Waals surface area contributed by atoms with Crippen molar-refractivity contribution in [3.05, 3.63) is 0 Å². The minimum absolute atomic E-state index is 0.393. The molecule has 0 aliphatic carbocycles. The zero-order chi connectivity index (χ0) is 11.7. The molecule has 0 atom stereocenters. The molecule has 0 aromatic carbocycles. The predicted molar refractivity (Wildman–Crippen MR) is 70.8 cm³/mol. The van der Waals surface area contributed by atoms with E-state index in [1.54, 1.807) is 0 Å². The molecule has 0 radical (unpaired) electrons. The van der Waals surface area contributed by atoms with Gasteiger partial charge in [-0.3, -0.25) is 0 Å². The van der Waals surface area contributed by atoms with Crippen molar-refractivity contribution in [3.8, 4) is 0 Å². The highest BCUT2D eigenvalue weighted by Crippen LogP contribution is 2.25. The topological polar surface area (TPSA) is 9.23 Å². The lowest BCUT2D eigenvalue weighted by atomic mass is 9.87.